The largest absolute Gasteiger partial charge is 0.493 e. The molecule has 1 fully saturated rings. The second-order valence-corrected chi connectivity index (χ2v) is 10.3. The molecule has 2 aromatic carbocycles. The monoisotopic (exact) mass is 402 g/mol. The van der Waals surface area contributed by atoms with Crippen molar-refractivity contribution in [3.63, 3.8) is 0 Å². The lowest BCUT2D eigenvalue weighted by molar-refractivity contribution is 0.0483. The van der Waals surface area contributed by atoms with Gasteiger partial charge in [-0.25, -0.2) is 8.42 Å². The SMILES string of the molecule is CCOc1ccccc1-c1ccc([C@@H]2CCOC[C@@H]2CS(=O)(=O)C(C)C)cc1. The molecule has 152 valence electrons. The molecule has 1 aliphatic rings. The zero-order valence-corrected chi connectivity index (χ0v) is 17.7. The molecule has 1 aliphatic heterocycles. The number of ether oxygens (including phenoxy) is 2. The topological polar surface area (TPSA) is 52.6 Å². The Labute approximate surface area is 168 Å². The van der Waals surface area contributed by atoms with Gasteiger partial charge in [0, 0.05) is 18.1 Å². The highest BCUT2D eigenvalue weighted by Crippen LogP contribution is 2.36. The molecule has 0 aromatic heterocycles. The summed E-state index contributed by atoms with van der Waals surface area (Å²) in [5.74, 6) is 1.27. The second kappa shape index (κ2) is 9.10. The summed E-state index contributed by atoms with van der Waals surface area (Å²) >= 11 is 0. The fourth-order valence-corrected chi connectivity index (χ4v) is 5.10. The Hall–Kier alpha value is -1.85. The van der Waals surface area contributed by atoms with Gasteiger partial charge in [-0.05, 0) is 50.3 Å². The van der Waals surface area contributed by atoms with E-state index in [1.54, 1.807) is 13.8 Å². The van der Waals surface area contributed by atoms with Gasteiger partial charge in [-0.2, -0.15) is 0 Å². The summed E-state index contributed by atoms with van der Waals surface area (Å²) in [7, 11) is -3.10. The minimum absolute atomic E-state index is 0.00251. The molecule has 5 heteroatoms. The van der Waals surface area contributed by atoms with E-state index < -0.39 is 9.84 Å². The van der Waals surface area contributed by atoms with Crippen LogP contribution in [0.4, 0.5) is 0 Å². The van der Waals surface area contributed by atoms with Crippen molar-refractivity contribution in [1.29, 1.82) is 0 Å². The molecule has 1 saturated heterocycles. The van der Waals surface area contributed by atoms with Crippen LogP contribution in [0.1, 0.15) is 38.7 Å². The quantitative estimate of drug-likeness (QED) is 0.674. The second-order valence-electron chi connectivity index (χ2n) is 7.66. The molecule has 2 atom stereocenters. The van der Waals surface area contributed by atoms with E-state index in [1.807, 2.05) is 25.1 Å². The predicted molar refractivity (Wildman–Crippen MR) is 114 cm³/mol. The van der Waals surface area contributed by atoms with Crippen molar-refractivity contribution < 1.29 is 17.9 Å². The van der Waals surface area contributed by atoms with Gasteiger partial charge in [-0.3, -0.25) is 0 Å². The van der Waals surface area contributed by atoms with Crippen LogP contribution >= 0.6 is 0 Å². The van der Waals surface area contributed by atoms with Gasteiger partial charge in [0.25, 0.3) is 0 Å². The maximum atomic E-state index is 12.4. The Morgan fingerprint density at radius 1 is 1.11 bits per heavy atom. The summed E-state index contributed by atoms with van der Waals surface area (Å²) < 4.78 is 36.3. The highest BCUT2D eigenvalue weighted by atomic mass is 32.2. The standard InChI is InChI=1S/C23H30O4S/c1-4-27-23-8-6-5-7-22(23)19-11-9-18(10-12-19)21-13-14-26-15-20(21)16-28(24,25)17(2)3/h5-12,17,20-21H,4,13-16H2,1-3H3/t20-,21+/m1/s1. The van der Waals surface area contributed by atoms with E-state index in [4.69, 9.17) is 9.47 Å². The van der Waals surface area contributed by atoms with Gasteiger partial charge in [-0.15, -0.1) is 0 Å². The van der Waals surface area contributed by atoms with Crippen LogP contribution in [0.5, 0.6) is 5.75 Å². The lowest BCUT2D eigenvalue weighted by atomic mass is 9.83. The molecule has 1 heterocycles. The summed E-state index contributed by atoms with van der Waals surface area (Å²) in [5, 5.41) is -0.354. The first-order valence-corrected chi connectivity index (χ1v) is 11.8. The van der Waals surface area contributed by atoms with E-state index >= 15 is 0 Å². The summed E-state index contributed by atoms with van der Waals surface area (Å²) in [6, 6.07) is 16.5. The fraction of sp³-hybridized carbons (Fsp3) is 0.478. The first-order valence-electron chi connectivity index (χ1n) is 10.0. The Bertz CT molecular complexity index is 872. The summed E-state index contributed by atoms with van der Waals surface area (Å²) in [5.41, 5.74) is 3.36. The highest BCUT2D eigenvalue weighted by molar-refractivity contribution is 7.91. The molecule has 0 amide bonds. The fourth-order valence-electron chi connectivity index (χ4n) is 3.79. The molecule has 0 aliphatic carbocycles. The molecule has 0 N–H and O–H groups in total. The molecule has 0 unspecified atom stereocenters. The molecular formula is C23H30O4S. The van der Waals surface area contributed by atoms with Crippen LogP contribution in [0.25, 0.3) is 11.1 Å². The number of sulfone groups is 1. The van der Waals surface area contributed by atoms with Crippen LogP contribution in [0.15, 0.2) is 48.5 Å². The lowest BCUT2D eigenvalue weighted by Gasteiger charge is -2.32. The van der Waals surface area contributed by atoms with E-state index in [2.05, 4.69) is 30.3 Å². The van der Waals surface area contributed by atoms with Gasteiger partial charge >= 0.3 is 0 Å². The molecule has 2 aromatic rings. The zero-order chi connectivity index (χ0) is 20.1. The first kappa shape index (κ1) is 20.9. The van der Waals surface area contributed by atoms with Crippen molar-refractivity contribution in [2.75, 3.05) is 25.6 Å². The van der Waals surface area contributed by atoms with Crippen LogP contribution in [0.2, 0.25) is 0 Å². The van der Waals surface area contributed by atoms with Crippen molar-refractivity contribution in [2.24, 2.45) is 5.92 Å². The van der Waals surface area contributed by atoms with E-state index in [1.165, 1.54) is 5.56 Å². The minimum atomic E-state index is -3.10. The van der Waals surface area contributed by atoms with Gasteiger partial charge in [0.05, 0.1) is 24.2 Å². The molecule has 28 heavy (non-hydrogen) atoms. The normalized spacial score (nSPS) is 20.3. The Morgan fingerprint density at radius 2 is 1.82 bits per heavy atom. The highest BCUT2D eigenvalue weighted by Gasteiger charge is 2.32. The van der Waals surface area contributed by atoms with Gasteiger partial charge < -0.3 is 9.47 Å². The number of para-hydroxylation sites is 1. The molecule has 4 nitrogen and oxygen atoms in total. The van der Waals surface area contributed by atoms with Crippen LogP contribution in [0, 0.1) is 5.92 Å². The van der Waals surface area contributed by atoms with E-state index in [0.29, 0.717) is 19.8 Å². The van der Waals surface area contributed by atoms with Gasteiger partial charge in [0.2, 0.25) is 0 Å². The average molecular weight is 403 g/mol. The van der Waals surface area contributed by atoms with Gasteiger partial charge in [0.15, 0.2) is 9.84 Å². The van der Waals surface area contributed by atoms with E-state index in [-0.39, 0.29) is 22.8 Å². The maximum Gasteiger partial charge on any atom is 0.153 e. The van der Waals surface area contributed by atoms with Crippen LogP contribution in [0.3, 0.4) is 0 Å². The molecule has 0 bridgehead atoms. The van der Waals surface area contributed by atoms with E-state index in [0.717, 1.165) is 23.3 Å². The van der Waals surface area contributed by atoms with Crippen molar-refractivity contribution >= 4 is 9.84 Å². The predicted octanol–water partition coefficient (Wildman–Crippen LogP) is 4.70. The Kier molecular flexibility index (Phi) is 6.78. The maximum absolute atomic E-state index is 12.4. The zero-order valence-electron chi connectivity index (χ0n) is 16.9. The minimum Gasteiger partial charge on any atom is -0.493 e. The van der Waals surface area contributed by atoms with Crippen molar-refractivity contribution in [2.45, 2.75) is 38.4 Å². The van der Waals surface area contributed by atoms with Gasteiger partial charge in [-0.1, -0.05) is 42.5 Å². The summed E-state index contributed by atoms with van der Waals surface area (Å²) in [6.07, 6.45) is 0.854. The third-order valence-corrected chi connectivity index (χ3v) is 7.80. The van der Waals surface area contributed by atoms with E-state index in [9.17, 15) is 8.42 Å². The van der Waals surface area contributed by atoms with Crippen molar-refractivity contribution in [1.82, 2.24) is 0 Å². The Balaban J connectivity index is 1.83. The third-order valence-electron chi connectivity index (χ3n) is 5.48. The van der Waals surface area contributed by atoms with Gasteiger partial charge in [0.1, 0.15) is 5.75 Å². The van der Waals surface area contributed by atoms with Crippen LogP contribution in [-0.2, 0) is 14.6 Å². The molecule has 0 radical (unpaired) electrons. The molecular weight excluding hydrogens is 372 g/mol. The molecule has 3 rings (SSSR count). The average Bonchev–Trinajstić information content (AvgIpc) is 2.69. The smallest absolute Gasteiger partial charge is 0.153 e. The van der Waals surface area contributed by atoms with Crippen LogP contribution < -0.4 is 4.74 Å². The summed E-state index contributed by atoms with van der Waals surface area (Å²) in [4.78, 5) is 0. The number of rotatable bonds is 7. The number of hydrogen-bond donors (Lipinski definition) is 0. The van der Waals surface area contributed by atoms with Crippen LogP contribution in [-0.4, -0.2) is 39.2 Å². The lowest BCUT2D eigenvalue weighted by Crippen LogP contribution is -2.34. The molecule has 0 spiro atoms. The third kappa shape index (κ3) is 4.76. The molecule has 0 saturated carbocycles. The van der Waals surface area contributed by atoms with Crippen molar-refractivity contribution in [3.05, 3.63) is 54.1 Å². The number of benzene rings is 2. The Morgan fingerprint density at radius 3 is 2.50 bits per heavy atom. The van der Waals surface area contributed by atoms with Crippen molar-refractivity contribution in [3.8, 4) is 16.9 Å². The number of hydrogen-bond acceptors (Lipinski definition) is 4. The first-order chi connectivity index (χ1) is 13.4. The summed E-state index contributed by atoms with van der Waals surface area (Å²) in [6.45, 7) is 7.29.